The van der Waals surface area contributed by atoms with E-state index in [9.17, 15) is 0 Å². The summed E-state index contributed by atoms with van der Waals surface area (Å²) in [4.78, 5) is 11.1. The van der Waals surface area contributed by atoms with Crippen molar-refractivity contribution >= 4 is 5.82 Å². The van der Waals surface area contributed by atoms with Gasteiger partial charge in [0.15, 0.2) is 0 Å². The van der Waals surface area contributed by atoms with E-state index >= 15 is 0 Å². The van der Waals surface area contributed by atoms with Crippen LogP contribution in [0.25, 0.3) is 0 Å². The van der Waals surface area contributed by atoms with Crippen molar-refractivity contribution in [2.45, 2.75) is 26.9 Å². The maximum Gasteiger partial charge on any atom is 0.147 e. The molecule has 4 heteroatoms. The van der Waals surface area contributed by atoms with Gasteiger partial charge in [-0.25, -0.2) is 4.98 Å². The molecule has 1 N–H and O–H groups in total. The van der Waals surface area contributed by atoms with Gasteiger partial charge in [-0.2, -0.15) is 0 Å². The highest BCUT2D eigenvalue weighted by atomic mass is 15.2. The van der Waals surface area contributed by atoms with E-state index in [1.165, 1.54) is 5.56 Å². The molecule has 0 radical (unpaired) electrons. The van der Waals surface area contributed by atoms with Crippen LogP contribution in [-0.4, -0.2) is 23.6 Å². The van der Waals surface area contributed by atoms with Crippen molar-refractivity contribution in [1.29, 1.82) is 0 Å². The number of aromatic nitrogens is 2. The predicted molar refractivity (Wildman–Crippen MR) is 87.1 cm³/mol. The zero-order chi connectivity index (χ0) is 15.1. The first-order chi connectivity index (χ1) is 10.1. The largest absolute Gasteiger partial charge is 0.354 e. The summed E-state index contributed by atoms with van der Waals surface area (Å²) in [6.07, 6.45) is 3.64. The molecule has 2 aromatic rings. The van der Waals surface area contributed by atoms with Crippen LogP contribution < -0.4 is 10.2 Å². The maximum atomic E-state index is 4.67. The van der Waals surface area contributed by atoms with Crippen molar-refractivity contribution in [2.24, 2.45) is 5.92 Å². The first-order valence-corrected chi connectivity index (χ1v) is 7.42. The molecular weight excluding hydrogens is 260 g/mol. The second kappa shape index (κ2) is 7.74. The second-order valence-corrected chi connectivity index (χ2v) is 5.74. The van der Waals surface area contributed by atoms with Gasteiger partial charge in [0.25, 0.3) is 0 Å². The molecular formula is C17H24N4. The summed E-state index contributed by atoms with van der Waals surface area (Å²) in [6, 6.07) is 10.4. The second-order valence-electron chi connectivity index (χ2n) is 5.74. The fraction of sp³-hybridized carbons (Fsp3) is 0.412. The molecule has 0 amide bonds. The van der Waals surface area contributed by atoms with Gasteiger partial charge in [-0.05, 0) is 18.0 Å². The van der Waals surface area contributed by atoms with Crippen molar-refractivity contribution in [2.75, 3.05) is 18.5 Å². The van der Waals surface area contributed by atoms with Gasteiger partial charge in [0.2, 0.25) is 0 Å². The molecule has 1 aromatic heterocycles. The van der Waals surface area contributed by atoms with Gasteiger partial charge in [0, 0.05) is 26.3 Å². The molecule has 0 saturated heterocycles. The van der Waals surface area contributed by atoms with Crippen LogP contribution in [0.1, 0.15) is 25.1 Å². The summed E-state index contributed by atoms with van der Waals surface area (Å²) in [6.45, 7) is 6.98. The van der Waals surface area contributed by atoms with Crippen LogP contribution in [0, 0.1) is 5.92 Å². The van der Waals surface area contributed by atoms with Gasteiger partial charge in [-0.1, -0.05) is 44.2 Å². The Morgan fingerprint density at radius 2 is 1.90 bits per heavy atom. The monoisotopic (exact) mass is 284 g/mol. The van der Waals surface area contributed by atoms with Crippen LogP contribution in [0.5, 0.6) is 0 Å². The van der Waals surface area contributed by atoms with Crippen LogP contribution in [0.15, 0.2) is 42.7 Å². The normalized spacial score (nSPS) is 10.9. The molecule has 0 bridgehead atoms. The number of nitrogens with one attached hydrogen (secondary N) is 1. The highest BCUT2D eigenvalue weighted by Crippen LogP contribution is 2.12. The van der Waals surface area contributed by atoms with E-state index in [1.807, 2.05) is 25.5 Å². The Morgan fingerprint density at radius 1 is 1.14 bits per heavy atom. The Morgan fingerprint density at radius 3 is 2.62 bits per heavy atom. The number of hydrogen-bond acceptors (Lipinski definition) is 4. The first-order valence-electron chi connectivity index (χ1n) is 7.42. The number of benzene rings is 1. The summed E-state index contributed by atoms with van der Waals surface area (Å²) in [7, 11) is 2.04. The Hall–Kier alpha value is -1.94. The maximum absolute atomic E-state index is 4.67. The molecule has 112 valence electrons. The molecule has 0 aliphatic heterocycles. The first kappa shape index (κ1) is 15.4. The lowest BCUT2D eigenvalue weighted by molar-refractivity contribution is 0.547. The zero-order valence-corrected chi connectivity index (χ0v) is 13.1. The van der Waals surface area contributed by atoms with Crippen molar-refractivity contribution in [3.8, 4) is 0 Å². The quantitative estimate of drug-likeness (QED) is 0.849. The third-order valence-corrected chi connectivity index (χ3v) is 3.18. The minimum absolute atomic E-state index is 0.641. The SMILES string of the molecule is CC(C)CNCc1cncc(N(C)Cc2ccccc2)n1. The van der Waals surface area contributed by atoms with Gasteiger partial charge >= 0.3 is 0 Å². The lowest BCUT2D eigenvalue weighted by Crippen LogP contribution is -2.22. The van der Waals surface area contributed by atoms with Crippen LogP contribution in [0.4, 0.5) is 5.82 Å². The average molecular weight is 284 g/mol. The molecule has 4 nitrogen and oxygen atoms in total. The lowest BCUT2D eigenvalue weighted by atomic mass is 10.2. The standard InChI is InChI=1S/C17H24N4/c1-14(2)9-18-10-16-11-19-12-17(20-16)21(3)13-15-7-5-4-6-8-15/h4-8,11-12,14,18H,9-10,13H2,1-3H3. The highest BCUT2D eigenvalue weighted by molar-refractivity contribution is 5.36. The smallest absolute Gasteiger partial charge is 0.147 e. The van der Waals surface area contributed by atoms with E-state index in [-0.39, 0.29) is 0 Å². The Bertz CT molecular complexity index is 539. The van der Waals surface area contributed by atoms with E-state index in [2.05, 4.69) is 58.3 Å². The molecule has 0 spiro atoms. The Balaban J connectivity index is 1.96. The van der Waals surface area contributed by atoms with Crippen LogP contribution in [0.3, 0.4) is 0 Å². The van der Waals surface area contributed by atoms with E-state index < -0.39 is 0 Å². The van der Waals surface area contributed by atoms with Gasteiger partial charge < -0.3 is 10.2 Å². The van der Waals surface area contributed by atoms with E-state index in [0.29, 0.717) is 5.92 Å². The molecule has 1 heterocycles. The van der Waals surface area contributed by atoms with E-state index in [1.54, 1.807) is 0 Å². The van der Waals surface area contributed by atoms with Gasteiger partial charge in [-0.15, -0.1) is 0 Å². The molecule has 1 aromatic carbocycles. The van der Waals surface area contributed by atoms with E-state index in [4.69, 9.17) is 0 Å². The minimum Gasteiger partial charge on any atom is -0.354 e. The third-order valence-electron chi connectivity index (χ3n) is 3.18. The summed E-state index contributed by atoms with van der Waals surface area (Å²) in [5.74, 6) is 1.55. The summed E-state index contributed by atoms with van der Waals surface area (Å²) in [5.41, 5.74) is 2.25. The highest BCUT2D eigenvalue weighted by Gasteiger charge is 2.05. The number of rotatable bonds is 7. The van der Waals surface area contributed by atoms with Crippen LogP contribution in [0.2, 0.25) is 0 Å². The van der Waals surface area contributed by atoms with Crippen LogP contribution >= 0.6 is 0 Å². The molecule has 0 atom stereocenters. The molecule has 0 aliphatic rings. The lowest BCUT2D eigenvalue weighted by Gasteiger charge is -2.18. The number of nitrogens with zero attached hydrogens (tertiary/aromatic N) is 3. The molecule has 2 rings (SSSR count). The fourth-order valence-corrected chi connectivity index (χ4v) is 2.09. The zero-order valence-electron chi connectivity index (χ0n) is 13.1. The predicted octanol–water partition coefficient (Wildman–Crippen LogP) is 2.86. The minimum atomic E-state index is 0.641. The topological polar surface area (TPSA) is 41.1 Å². The number of anilines is 1. The van der Waals surface area contributed by atoms with E-state index in [0.717, 1.165) is 31.1 Å². The molecule has 21 heavy (non-hydrogen) atoms. The average Bonchev–Trinajstić information content (AvgIpc) is 2.48. The Kier molecular flexibility index (Phi) is 5.69. The molecule has 0 aliphatic carbocycles. The number of hydrogen-bond donors (Lipinski definition) is 1. The van der Waals surface area contributed by atoms with Crippen molar-refractivity contribution in [1.82, 2.24) is 15.3 Å². The summed E-state index contributed by atoms with van der Waals surface area (Å²) < 4.78 is 0. The van der Waals surface area contributed by atoms with Gasteiger partial charge in [-0.3, -0.25) is 4.98 Å². The third kappa shape index (κ3) is 5.16. The Labute approximate surface area is 127 Å². The fourth-order valence-electron chi connectivity index (χ4n) is 2.09. The molecule has 0 unspecified atom stereocenters. The van der Waals surface area contributed by atoms with Crippen molar-refractivity contribution in [3.05, 3.63) is 54.0 Å². The van der Waals surface area contributed by atoms with Crippen molar-refractivity contribution in [3.63, 3.8) is 0 Å². The van der Waals surface area contributed by atoms with Crippen molar-refractivity contribution < 1.29 is 0 Å². The summed E-state index contributed by atoms with van der Waals surface area (Å²) >= 11 is 0. The molecule has 0 saturated carbocycles. The van der Waals surface area contributed by atoms with Crippen LogP contribution in [-0.2, 0) is 13.1 Å². The molecule has 0 fully saturated rings. The van der Waals surface area contributed by atoms with Gasteiger partial charge in [0.1, 0.15) is 5.82 Å². The van der Waals surface area contributed by atoms with Gasteiger partial charge in [0.05, 0.1) is 11.9 Å². The summed E-state index contributed by atoms with van der Waals surface area (Å²) in [5, 5.41) is 3.40.